The van der Waals surface area contributed by atoms with Gasteiger partial charge < -0.3 is 10.1 Å². The van der Waals surface area contributed by atoms with Gasteiger partial charge in [-0.25, -0.2) is 0 Å². The van der Waals surface area contributed by atoms with Crippen molar-refractivity contribution in [2.75, 3.05) is 26.8 Å². The van der Waals surface area contributed by atoms with Crippen LogP contribution in [0.2, 0.25) is 0 Å². The zero-order valence-corrected chi connectivity index (χ0v) is 11.2. The highest BCUT2D eigenvalue weighted by atomic mass is 16.5. The van der Waals surface area contributed by atoms with Crippen LogP contribution >= 0.6 is 0 Å². The monoisotopic (exact) mass is 215 g/mol. The topological polar surface area (TPSA) is 21.3 Å². The zero-order chi connectivity index (χ0) is 11.7. The lowest BCUT2D eigenvalue weighted by Crippen LogP contribution is -2.38. The van der Waals surface area contributed by atoms with Crippen LogP contribution in [0.4, 0.5) is 0 Å². The molecule has 2 nitrogen and oxygen atoms in total. The van der Waals surface area contributed by atoms with Gasteiger partial charge in [-0.3, -0.25) is 0 Å². The summed E-state index contributed by atoms with van der Waals surface area (Å²) < 4.78 is 5.04. The lowest BCUT2D eigenvalue weighted by Gasteiger charge is -2.36. The third-order valence-electron chi connectivity index (χ3n) is 3.79. The van der Waals surface area contributed by atoms with E-state index in [1.165, 1.54) is 19.3 Å². The number of hydrogen-bond acceptors (Lipinski definition) is 2. The fraction of sp³-hybridized carbons (Fsp3) is 1.00. The second-order valence-electron chi connectivity index (χ2n) is 4.69. The van der Waals surface area contributed by atoms with Crippen LogP contribution in [-0.2, 0) is 4.74 Å². The summed E-state index contributed by atoms with van der Waals surface area (Å²) in [7, 11) is 1.75. The van der Waals surface area contributed by atoms with E-state index in [-0.39, 0.29) is 0 Å². The van der Waals surface area contributed by atoms with Crippen molar-refractivity contribution in [3.63, 3.8) is 0 Å². The van der Waals surface area contributed by atoms with Gasteiger partial charge in [-0.05, 0) is 17.8 Å². The van der Waals surface area contributed by atoms with E-state index in [4.69, 9.17) is 4.74 Å². The Bertz CT molecular complexity index is 145. The van der Waals surface area contributed by atoms with E-state index >= 15 is 0 Å². The van der Waals surface area contributed by atoms with Crippen molar-refractivity contribution in [3.05, 3.63) is 0 Å². The molecule has 92 valence electrons. The third-order valence-corrected chi connectivity index (χ3v) is 3.79. The maximum atomic E-state index is 5.04. The van der Waals surface area contributed by atoms with Gasteiger partial charge in [0.05, 0.1) is 6.61 Å². The van der Waals surface area contributed by atoms with E-state index < -0.39 is 0 Å². The van der Waals surface area contributed by atoms with Gasteiger partial charge in [0.25, 0.3) is 0 Å². The molecule has 0 saturated heterocycles. The fourth-order valence-electron chi connectivity index (χ4n) is 2.38. The van der Waals surface area contributed by atoms with Crippen molar-refractivity contribution >= 4 is 0 Å². The van der Waals surface area contributed by atoms with Crippen LogP contribution < -0.4 is 5.32 Å². The predicted octanol–water partition coefficient (Wildman–Crippen LogP) is 3.07. The maximum Gasteiger partial charge on any atom is 0.0587 e. The number of methoxy groups -OCH3 is 1. The first-order valence-electron chi connectivity index (χ1n) is 6.34. The first kappa shape index (κ1) is 14.9. The van der Waals surface area contributed by atoms with Crippen LogP contribution in [-0.4, -0.2) is 26.8 Å². The molecule has 0 aromatic carbocycles. The average molecular weight is 215 g/mol. The molecule has 0 aliphatic carbocycles. The Morgan fingerprint density at radius 3 is 2.20 bits per heavy atom. The minimum atomic E-state index is 0.442. The summed E-state index contributed by atoms with van der Waals surface area (Å²) in [5.41, 5.74) is 0.442. The molecule has 0 spiro atoms. The lowest BCUT2D eigenvalue weighted by molar-refractivity contribution is 0.148. The fourth-order valence-corrected chi connectivity index (χ4v) is 2.38. The van der Waals surface area contributed by atoms with Gasteiger partial charge in [0, 0.05) is 20.2 Å². The molecule has 0 aliphatic heterocycles. The van der Waals surface area contributed by atoms with Crippen molar-refractivity contribution in [1.29, 1.82) is 0 Å². The van der Waals surface area contributed by atoms with E-state index in [0.717, 1.165) is 25.6 Å². The van der Waals surface area contributed by atoms with Crippen LogP contribution in [0, 0.1) is 11.3 Å². The third kappa shape index (κ3) is 4.98. The van der Waals surface area contributed by atoms with Crippen molar-refractivity contribution < 1.29 is 4.74 Å². The van der Waals surface area contributed by atoms with Gasteiger partial charge in [-0.1, -0.05) is 40.5 Å². The molecule has 15 heavy (non-hydrogen) atoms. The SMILES string of the molecule is CCC(CC)C(C)(CC)CNCCOC. The normalized spacial score (nSPS) is 15.6. The molecule has 0 amide bonds. The Kier molecular flexibility index (Phi) is 8.07. The highest BCUT2D eigenvalue weighted by molar-refractivity contribution is 4.82. The Morgan fingerprint density at radius 2 is 1.80 bits per heavy atom. The first-order valence-corrected chi connectivity index (χ1v) is 6.34. The van der Waals surface area contributed by atoms with Crippen LogP contribution in [0.3, 0.4) is 0 Å². The Balaban J connectivity index is 4.05. The standard InChI is InChI=1S/C13H29NO/c1-6-12(7-2)13(4,8-3)11-14-9-10-15-5/h12,14H,6-11H2,1-5H3. The van der Waals surface area contributed by atoms with Crippen molar-refractivity contribution in [2.45, 2.75) is 47.0 Å². The summed E-state index contributed by atoms with van der Waals surface area (Å²) in [4.78, 5) is 0. The van der Waals surface area contributed by atoms with E-state index in [1.54, 1.807) is 7.11 Å². The van der Waals surface area contributed by atoms with E-state index in [0.29, 0.717) is 5.41 Å². The molecule has 0 saturated carbocycles. The molecular formula is C13H29NO. The molecule has 2 heteroatoms. The molecule has 0 aliphatic rings. The largest absolute Gasteiger partial charge is 0.383 e. The summed E-state index contributed by atoms with van der Waals surface area (Å²) in [5.74, 6) is 0.831. The van der Waals surface area contributed by atoms with Crippen LogP contribution in [0.5, 0.6) is 0 Å². The molecule has 0 radical (unpaired) electrons. The quantitative estimate of drug-likeness (QED) is 0.597. The number of ether oxygens (including phenoxy) is 1. The lowest BCUT2D eigenvalue weighted by atomic mass is 9.72. The molecule has 1 unspecified atom stereocenters. The molecule has 0 aromatic rings. The highest BCUT2D eigenvalue weighted by Crippen LogP contribution is 2.34. The Hall–Kier alpha value is -0.0800. The minimum Gasteiger partial charge on any atom is -0.383 e. The molecular weight excluding hydrogens is 186 g/mol. The van der Waals surface area contributed by atoms with Crippen molar-refractivity contribution in [1.82, 2.24) is 5.32 Å². The summed E-state index contributed by atoms with van der Waals surface area (Å²) in [5, 5.41) is 3.50. The molecule has 0 aromatic heterocycles. The number of hydrogen-bond donors (Lipinski definition) is 1. The van der Waals surface area contributed by atoms with Crippen molar-refractivity contribution in [3.8, 4) is 0 Å². The summed E-state index contributed by atoms with van der Waals surface area (Å²) in [6.45, 7) is 12.2. The Morgan fingerprint density at radius 1 is 1.20 bits per heavy atom. The second kappa shape index (κ2) is 8.12. The van der Waals surface area contributed by atoms with Gasteiger partial charge in [-0.15, -0.1) is 0 Å². The van der Waals surface area contributed by atoms with E-state index in [2.05, 4.69) is 33.0 Å². The molecule has 1 atom stereocenters. The predicted molar refractivity (Wildman–Crippen MR) is 67.2 cm³/mol. The summed E-state index contributed by atoms with van der Waals surface area (Å²) >= 11 is 0. The molecule has 1 N–H and O–H groups in total. The second-order valence-corrected chi connectivity index (χ2v) is 4.69. The van der Waals surface area contributed by atoms with Gasteiger partial charge in [0.15, 0.2) is 0 Å². The molecule has 0 rings (SSSR count). The number of nitrogens with one attached hydrogen (secondary N) is 1. The molecule has 0 bridgehead atoms. The minimum absolute atomic E-state index is 0.442. The van der Waals surface area contributed by atoms with Crippen molar-refractivity contribution in [2.24, 2.45) is 11.3 Å². The van der Waals surface area contributed by atoms with E-state index in [9.17, 15) is 0 Å². The van der Waals surface area contributed by atoms with Gasteiger partial charge >= 0.3 is 0 Å². The highest BCUT2D eigenvalue weighted by Gasteiger charge is 2.29. The number of rotatable bonds is 9. The average Bonchev–Trinajstić information content (AvgIpc) is 2.26. The van der Waals surface area contributed by atoms with Gasteiger partial charge in [0.2, 0.25) is 0 Å². The summed E-state index contributed by atoms with van der Waals surface area (Å²) in [6.07, 6.45) is 3.82. The van der Waals surface area contributed by atoms with Gasteiger partial charge in [0.1, 0.15) is 0 Å². The van der Waals surface area contributed by atoms with E-state index in [1.807, 2.05) is 0 Å². The maximum absolute atomic E-state index is 5.04. The zero-order valence-electron chi connectivity index (χ0n) is 11.2. The molecule has 0 fully saturated rings. The van der Waals surface area contributed by atoms with Crippen LogP contribution in [0.15, 0.2) is 0 Å². The smallest absolute Gasteiger partial charge is 0.0587 e. The summed E-state index contributed by atoms with van der Waals surface area (Å²) in [6, 6.07) is 0. The van der Waals surface area contributed by atoms with Crippen LogP contribution in [0.25, 0.3) is 0 Å². The Labute approximate surface area is 95.8 Å². The molecule has 0 heterocycles. The van der Waals surface area contributed by atoms with Crippen LogP contribution in [0.1, 0.15) is 47.0 Å². The van der Waals surface area contributed by atoms with Gasteiger partial charge in [-0.2, -0.15) is 0 Å². The first-order chi connectivity index (χ1) is 7.14.